The van der Waals surface area contributed by atoms with Gasteiger partial charge in [-0.25, -0.2) is 0 Å². The van der Waals surface area contributed by atoms with E-state index in [2.05, 4.69) is 5.10 Å². The highest BCUT2D eigenvalue weighted by atomic mass is 35.5. The minimum absolute atomic E-state index is 0.00930. The van der Waals surface area contributed by atoms with Crippen molar-refractivity contribution in [2.45, 2.75) is 31.9 Å². The van der Waals surface area contributed by atoms with Gasteiger partial charge in [0.1, 0.15) is 5.69 Å². The van der Waals surface area contributed by atoms with E-state index >= 15 is 0 Å². The Balaban J connectivity index is 2.31. The van der Waals surface area contributed by atoms with E-state index in [4.69, 9.17) is 11.6 Å². The summed E-state index contributed by atoms with van der Waals surface area (Å²) in [6.45, 7) is 0. The lowest BCUT2D eigenvalue weighted by atomic mass is 9.76. The third-order valence-corrected chi connectivity index (χ3v) is 3.93. The number of hydrogen-bond donors (Lipinski definition) is 0. The minimum Gasteiger partial charge on any atom is -0.292 e. The molecule has 2 rings (SSSR count). The first-order valence-corrected chi connectivity index (χ1v) is 6.48. The number of alkyl halides is 3. The number of carbonyl (C=O) groups excluding carboxylic acids is 1. The van der Waals surface area contributed by atoms with Crippen LogP contribution < -0.4 is 0 Å². The molecule has 1 heterocycles. The maximum Gasteiger partial charge on any atom is 0.392 e. The molecule has 1 aromatic heterocycles. The van der Waals surface area contributed by atoms with Gasteiger partial charge in [0.2, 0.25) is 0 Å². The zero-order chi connectivity index (χ0) is 14.2. The van der Waals surface area contributed by atoms with Gasteiger partial charge in [0.25, 0.3) is 0 Å². The van der Waals surface area contributed by atoms with E-state index in [1.807, 2.05) is 0 Å². The summed E-state index contributed by atoms with van der Waals surface area (Å²) in [5, 5.41) is 3.91. The van der Waals surface area contributed by atoms with Gasteiger partial charge in [-0.05, 0) is 12.8 Å². The van der Waals surface area contributed by atoms with Crippen LogP contribution in [0.15, 0.2) is 6.20 Å². The second-order valence-corrected chi connectivity index (χ2v) is 5.28. The summed E-state index contributed by atoms with van der Waals surface area (Å²) in [6.07, 6.45) is -1.66. The lowest BCUT2D eigenvalue weighted by molar-refractivity contribution is -0.191. The molecule has 1 saturated carbocycles. The van der Waals surface area contributed by atoms with E-state index < -0.39 is 23.8 Å². The Kier molecular flexibility index (Phi) is 3.90. The molecule has 0 amide bonds. The van der Waals surface area contributed by atoms with Gasteiger partial charge in [0, 0.05) is 13.0 Å². The molecule has 19 heavy (non-hydrogen) atoms. The Bertz CT molecular complexity index is 464. The number of aryl methyl sites for hydroxylation is 1. The van der Waals surface area contributed by atoms with E-state index in [-0.39, 0.29) is 23.6 Å². The average molecular weight is 295 g/mol. The normalized spacial score (nSPS) is 24.5. The fourth-order valence-corrected chi connectivity index (χ4v) is 2.96. The van der Waals surface area contributed by atoms with Crippen LogP contribution in [0.1, 0.15) is 36.2 Å². The molecular formula is C12H14ClF3N2O. The highest BCUT2D eigenvalue weighted by Gasteiger charge is 2.48. The van der Waals surface area contributed by atoms with E-state index in [0.29, 0.717) is 12.8 Å². The number of ketones is 1. The van der Waals surface area contributed by atoms with Gasteiger partial charge in [-0.2, -0.15) is 18.3 Å². The SMILES string of the molecule is Cn1ncc(Cl)c1C(=O)C1CCCCC1C(F)(F)F. The van der Waals surface area contributed by atoms with Crippen molar-refractivity contribution in [1.29, 1.82) is 0 Å². The Labute approximate surface area is 113 Å². The van der Waals surface area contributed by atoms with Crippen LogP contribution in [-0.4, -0.2) is 21.7 Å². The molecule has 2 atom stereocenters. The van der Waals surface area contributed by atoms with E-state index in [0.717, 1.165) is 0 Å². The molecule has 3 nitrogen and oxygen atoms in total. The second kappa shape index (κ2) is 5.15. The molecule has 1 aliphatic carbocycles. The van der Waals surface area contributed by atoms with Crippen molar-refractivity contribution in [3.63, 3.8) is 0 Å². The molecule has 1 fully saturated rings. The Morgan fingerprint density at radius 2 is 2.05 bits per heavy atom. The number of carbonyl (C=O) groups is 1. The maximum absolute atomic E-state index is 13.0. The summed E-state index contributed by atoms with van der Waals surface area (Å²) < 4.78 is 40.2. The molecule has 0 aliphatic heterocycles. The topological polar surface area (TPSA) is 34.9 Å². The lowest BCUT2D eigenvalue weighted by Gasteiger charge is -2.31. The van der Waals surface area contributed by atoms with Crippen molar-refractivity contribution in [3.05, 3.63) is 16.9 Å². The van der Waals surface area contributed by atoms with Crippen LogP contribution in [0.3, 0.4) is 0 Å². The van der Waals surface area contributed by atoms with Crippen molar-refractivity contribution in [3.8, 4) is 0 Å². The zero-order valence-corrected chi connectivity index (χ0v) is 11.1. The van der Waals surface area contributed by atoms with Crippen molar-refractivity contribution in [2.24, 2.45) is 18.9 Å². The predicted molar refractivity (Wildman–Crippen MR) is 64.1 cm³/mol. The van der Waals surface area contributed by atoms with E-state index in [1.54, 1.807) is 0 Å². The van der Waals surface area contributed by atoms with Crippen LogP contribution >= 0.6 is 11.6 Å². The monoisotopic (exact) mass is 294 g/mol. The number of hydrogen-bond acceptors (Lipinski definition) is 2. The zero-order valence-electron chi connectivity index (χ0n) is 10.4. The molecular weight excluding hydrogens is 281 g/mol. The number of rotatable bonds is 2. The summed E-state index contributed by atoms with van der Waals surface area (Å²) >= 11 is 5.84. The molecule has 1 aliphatic rings. The van der Waals surface area contributed by atoms with Gasteiger partial charge in [0.05, 0.1) is 17.1 Å². The summed E-state index contributed by atoms with van der Waals surface area (Å²) in [5.74, 6) is -3.16. The van der Waals surface area contributed by atoms with E-state index in [9.17, 15) is 18.0 Å². The minimum atomic E-state index is -4.34. The standard InChI is InChI=1S/C12H14ClF3N2O/c1-18-10(9(13)6-17-18)11(19)7-4-2-3-5-8(7)12(14,15)16/h6-8H,2-5H2,1H3. The van der Waals surface area contributed by atoms with Crippen LogP contribution in [0.5, 0.6) is 0 Å². The third kappa shape index (κ3) is 2.78. The summed E-state index contributed by atoms with van der Waals surface area (Å²) in [6, 6.07) is 0. The molecule has 2 unspecified atom stereocenters. The molecule has 0 saturated heterocycles. The lowest BCUT2D eigenvalue weighted by Crippen LogP contribution is -2.38. The largest absolute Gasteiger partial charge is 0.392 e. The first kappa shape index (κ1) is 14.4. The Hall–Kier alpha value is -1.04. The van der Waals surface area contributed by atoms with E-state index in [1.165, 1.54) is 17.9 Å². The highest BCUT2D eigenvalue weighted by molar-refractivity contribution is 6.33. The van der Waals surface area contributed by atoms with Gasteiger partial charge < -0.3 is 0 Å². The van der Waals surface area contributed by atoms with Crippen LogP contribution in [0.2, 0.25) is 5.02 Å². The predicted octanol–water partition coefficient (Wildman–Crippen LogP) is 3.62. The van der Waals surface area contributed by atoms with Gasteiger partial charge in [-0.1, -0.05) is 24.4 Å². The molecule has 1 aromatic rings. The number of halogens is 4. The highest BCUT2D eigenvalue weighted by Crippen LogP contribution is 2.43. The molecule has 0 bridgehead atoms. The van der Waals surface area contributed by atoms with Gasteiger partial charge in [0.15, 0.2) is 5.78 Å². The van der Waals surface area contributed by atoms with Crippen molar-refractivity contribution in [2.75, 3.05) is 0 Å². The number of aromatic nitrogens is 2. The number of Topliss-reactive ketones (excluding diaryl/α,β-unsaturated/α-hetero) is 1. The van der Waals surface area contributed by atoms with Gasteiger partial charge in [-0.3, -0.25) is 9.48 Å². The summed E-state index contributed by atoms with van der Waals surface area (Å²) in [5.41, 5.74) is 0.0721. The van der Waals surface area contributed by atoms with Crippen molar-refractivity contribution < 1.29 is 18.0 Å². The molecule has 0 aromatic carbocycles. The van der Waals surface area contributed by atoms with Crippen molar-refractivity contribution >= 4 is 17.4 Å². The molecule has 0 radical (unpaired) electrons. The molecule has 0 spiro atoms. The van der Waals surface area contributed by atoms with Gasteiger partial charge >= 0.3 is 6.18 Å². The molecule has 106 valence electrons. The Morgan fingerprint density at radius 1 is 1.42 bits per heavy atom. The number of nitrogens with zero attached hydrogens (tertiary/aromatic N) is 2. The second-order valence-electron chi connectivity index (χ2n) is 4.87. The fraction of sp³-hybridized carbons (Fsp3) is 0.667. The van der Waals surface area contributed by atoms with Crippen LogP contribution in [-0.2, 0) is 7.05 Å². The quantitative estimate of drug-likeness (QED) is 0.781. The van der Waals surface area contributed by atoms with Crippen LogP contribution in [0.25, 0.3) is 0 Å². The smallest absolute Gasteiger partial charge is 0.292 e. The van der Waals surface area contributed by atoms with Crippen molar-refractivity contribution in [1.82, 2.24) is 9.78 Å². The van der Waals surface area contributed by atoms with Gasteiger partial charge in [-0.15, -0.1) is 0 Å². The first-order chi connectivity index (χ1) is 8.82. The maximum atomic E-state index is 13.0. The van der Waals surface area contributed by atoms with Crippen LogP contribution in [0.4, 0.5) is 13.2 Å². The fourth-order valence-electron chi connectivity index (χ4n) is 2.70. The average Bonchev–Trinajstić information content (AvgIpc) is 2.67. The summed E-state index contributed by atoms with van der Waals surface area (Å²) in [7, 11) is 1.50. The third-order valence-electron chi connectivity index (χ3n) is 3.65. The molecule has 0 N–H and O–H groups in total. The summed E-state index contributed by atoms with van der Waals surface area (Å²) in [4.78, 5) is 12.3. The Morgan fingerprint density at radius 3 is 2.58 bits per heavy atom. The molecule has 7 heteroatoms. The van der Waals surface area contributed by atoms with Crippen LogP contribution in [0, 0.1) is 11.8 Å². The first-order valence-electron chi connectivity index (χ1n) is 6.10.